The van der Waals surface area contributed by atoms with Crippen LogP contribution in [0.4, 0.5) is 0 Å². The van der Waals surface area contributed by atoms with Crippen molar-refractivity contribution in [1.29, 1.82) is 0 Å². The van der Waals surface area contributed by atoms with Crippen molar-refractivity contribution in [2.75, 3.05) is 0 Å². The van der Waals surface area contributed by atoms with Crippen molar-refractivity contribution in [3.05, 3.63) is 87.0 Å². The molecule has 152 valence electrons. The second-order valence-corrected chi connectivity index (χ2v) is 7.77. The molecular formula is C23H20N2O4S. The summed E-state index contributed by atoms with van der Waals surface area (Å²) in [6, 6.07) is 12.0. The summed E-state index contributed by atoms with van der Waals surface area (Å²) in [6.07, 6.45) is 2.31. The average Bonchev–Trinajstić information content (AvgIpc) is 2.73. The van der Waals surface area contributed by atoms with E-state index in [1.165, 1.54) is 23.9 Å². The number of aromatic nitrogens is 2. The Morgan fingerprint density at radius 1 is 1.17 bits per heavy atom. The topological polar surface area (TPSA) is 85.3 Å². The smallest absolute Gasteiger partial charge is 0.336 e. The highest BCUT2D eigenvalue weighted by atomic mass is 32.2. The second kappa shape index (κ2) is 8.20. The maximum atomic E-state index is 12.9. The van der Waals surface area contributed by atoms with Gasteiger partial charge in [0.05, 0.1) is 10.9 Å². The normalized spacial score (nSPS) is 11.2. The largest absolute Gasteiger partial charge is 0.508 e. The molecule has 0 aliphatic carbocycles. The maximum Gasteiger partial charge on any atom is 0.336 e. The molecule has 0 saturated heterocycles. The Morgan fingerprint density at radius 2 is 1.97 bits per heavy atom. The van der Waals surface area contributed by atoms with Crippen molar-refractivity contribution in [3.63, 3.8) is 0 Å². The van der Waals surface area contributed by atoms with E-state index in [2.05, 4.69) is 11.6 Å². The lowest BCUT2D eigenvalue weighted by atomic mass is 10.1. The number of thioether (sulfide) groups is 1. The lowest BCUT2D eigenvalue weighted by Gasteiger charge is -2.12. The van der Waals surface area contributed by atoms with E-state index in [4.69, 9.17) is 4.42 Å². The zero-order chi connectivity index (χ0) is 21.3. The fourth-order valence-corrected chi connectivity index (χ4v) is 4.40. The molecule has 0 bridgehead atoms. The third-order valence-electron chi connectivity index (χ3n) is 4.91. The Labute approximate surface area is 176 Å². The minimum atomic E-state index is -0.489. The van der Waals surface area contributed by atoms with Crippen LogP contribution in [0.15, 0.2) is 74.3 Å². The Morgan fingerprint density at radius 3 is 2.73 bits per heavy atom. The van der Waals surface area contributed by atoms with Gasteiger partial charge in [-0.05, 0) is 35.7 Å². The molecule has 4 aromatic rings. The van der Waals surface area contributed by atoms with E-state index in [1.807, 2.05) is 31.2 Å². The third kappa shape index (κ3) is 3.64. The lowest BCUT2D eigenvalue weighted by molar-refractivity contribution is 0.466. The number of fused-ring (bicyclic) bond motifs is 2. The first-order chi connectivity index (χ1) is 14.5. The van der Waals surface area contributed by atoms with Gasteiger partial charge in [-0.1, -0.05) is 36.9 Å². The highest BCUT2D eigenvalue weighted by molar-refractivity contribution is 7.98. The van der Waals surface area contributed by atoms with Crippen molar-refractivity contribution in [1.82, 2.24) is 9.55 Å². The Hall–Kier alpha value is -3.32. The molecule has 0 amide bonds. The van der Waals surface area contributed by atoms with Gasteiger partial charge in [0.25, 0.3) is 5.56 Å². The van der Waals surface area contributed by atoms with Gasteiger partial charge in [0, 0.05) is 29.8 Å². The van der Waals surface area contributed by atoms with Crippen LogP contribution in [0.1, 0.15) is 18.1 Å². The molecule has 0 spiro atoms. The second-order valence-electron chi connectivity index (χ2n) is 6.83. The predicted molar refractivity (Wildman–Crippen MR) is 119 cm³/mol. The van der Waals surface area contributed by atoms with Crippen molar-refractivity contribution in [3.8, 4) is 5.75 Å². The molecule has 0 aliphatic rings. The maximum absolute atomic E-state index is 12.9. The SMILES string of the molecule is C=CCn1c(SCc2cc(=O)oc3cc(O)c(CC)cc23)nc2ccccc2c1=O. The summed E-state index contributed by atoms with van der Waals surface area (Å²) in [4.78, 5) is 29.6. The minimum absolute atomic E-state index is 0.106. The van der Waals surface area contributed by atoms with Gasteiger partial charge in [0.15, 0.2) is 5.16 Å². The number of rotatable bonds is 6. The van der Waals surface area contributed by atoms with E-state index in [-0.39, 0.29) is 11.3 Å². The van der Waals surface area contributed by atoms with Crippen LogP contribution in [-0.4, -0.2) is 14.7 Å². The van der Waals surface area contributed by atoms with Gasteiger partial charge < -0.3 is 9.52 Å². The van der Waals surface area contributed by atoms with Crippen LogP contribution in [0.5, 0.6) is 5.75 Å². The van der Waals surface area contributed by atoms with Crippen molar-refractivity contribution >= 4 is 33.6 Å². The minimum Gasteiger partial charge on any atom is -0.508 e. The van der Waals surface area contributed by atoms with Crippen molar-refractivity contribution in [2.45, 2.75) is 30.8 Å². The average molecular weight is 420 g/mol. The molecule has 2 aromatic heterocycles. The van der Waals surface area contributed by atoms with Gasteiger partial charge in [-0.3, -0.25) is 9.36 Å². The van der Waals surface area contributed by atoms with Gasteiger partial charge in [-0.2, -0.15) is 0 Å². The van der Waals surface area contributed by atoms with Crippen molar-refractivity contribution in [2.24, 2.45) is 0 Å². The van der Waals surface area contributed by atoms with E-state index < -0.39 is 5.63 Å². The quantitative estimate of drug-likeness (QED) is 0.217. The molecule has 0 saturated carbocycles. The molecule has 1 N–H and O–H groups in total. The Kier molecular flexibility index (Phi) is 5.46. The number of phenols is 1. The van der Waals surface area contributed by atoms with E-state index in [9.17, 15) is 14.7 Å². The summed E-state index contributed by atoms with van der Waals surface area (Å²) in [7, 11) is 0. The molecule has 30 heavy (non-hydrogen) atoms. The lowest BCUT2D eigenvalue weighted by Crippen LogP contribution is -2.22. The van der Waals surface area contributed by atoms with Crippen LogP contribution in [0.3, 0.4) is 0 Å². The number of phenolic OH excluding ortho intramolecular Hbond substituents is 1. The first-order valence-corrected chi connectivity index (χ1v) is 10.5. The number of allylic oxidation sites excluding steroid dienone is 1. The summed E-state index contributed by atoms with van der Waals surface area (Å²) in [5.74, 6) is 0.520. The van der Waals surface area contributed by atoms with Gasteiger partial charge >= 0.3 is 5.63 Å². The first kappa shape index (κ1) is 20.0. The molecule has 0 radical (unpaired) electrons. The van der Waals surface area contributed by atoms with Crippen LogP contribution in [0, 0.1) is 0 Å². The molecule has 7 heteroatoms. The van der Waals surface area contributed by atoms with Gasteiger partial charge in [0.2, 0.25) is 0 Å². The molecule has 0 fully saturated rings. The summed E-state index contributed by atoms with van der Waals surface area (Å²) in [6.45, 7) is 6.03. The summed E-state index contributed by atoms with van der Waals surface area (Å²) >= 11 is 1.37. The van der Waals surface area contributed by atoms with Gasteiger partial charge in [0.1, 0.15) is 11.3 Å². The molecule has 4 rings (SSSR count). The standard InChI is InChI=1S/C23H20N2O4S/c1-3-9-25-22(28)16-7-5-6-8-18(16)24-23(25)30-13-15-11-21(27)29-20-12-19(26)14(4-2)10-17(15)20/h3,5-8,10-12,26H,1,4,9,13H2,2H3. The van der Waals surface area contributed by atoms with Gasteiger partial charge in [-0.25, -0.2) is 9.78 Å². The summed E-state index contributed by atoms with van der Waals surface area (Å²) in [5, 5.41) is 12.0. The van der Waals surface area contributed by atoms with Crippen LogP contribution >= 0.6 is 11.8 Å². The van der Waals surface area contributed by atoms with Crippen LogP contribution < -0.4 is 11.2 Å². The number of benzene rings is 2. The highest BCUT2D eigenvalue weighted by Crippen LogP contribution is 2.30. The Bertz CT molecular complexity index is 1390. The van der Waals surface area contributed by atoms with E-state index in [0.29, 0.717) is 40.4 Å². The van der Waals surface area contributed by atoms with E-state index >= 15 is 0 Å². The number of hydrogen-bond acceptors (Lipinski definition) is 6. The zero-order valence-corrected chi connectivity index (χ0v) is 17.2. The fraction of sp³-hybridized carbons (Fsp3) is 0.174. The molecule has 0 atom stereocenters. The Balaban J connectivity index is 1.80. The molecule has 6 nitrogen and oxygen atoms in total. The third-order valence-corrected chi connectivity index (χ3v) is 5.93. The number of aryl methyl sites for hydroxylation is 1. The number of hydrogen-bond donors (Lipinski definition) is 1. The van der Waals surface area contributed by atoms with Crippen molar-refractivity contribution < 1.29 is 9.52 Å². The summed E-state index contributed by atoms with van der Waals surface area (Å²) < 4.78 is 6.85. The van der Waals surface area contributed by atoms with Gasteiger partial charge in [-0.15, -0.1) is 6.58 Å². The van der Waals surface area contributed by atoms with Crippen LogP contribution in [-0.2, 0) is 18.7 Å². The predicted octanol–water partition coefficient (Wildman–Crippen LogP) is 4.25. The molecule has 0 unspecified atom stereocenters. The van der Waals surface area contributed by atoms with E-state index in [0.717, 1.165) is 16.5 Å². The number of nitrogens with zero attached hydrogens (tertiary/aromatic N) is 2. The first-order valence-electron chi connectivity index (χ1n) is 9.53. The summed E-state index contributed by atoms with van der Waals surface area (Å²) in [5.41, 5.74) is 1.88. The molecular weight excluding hydrogens is 400 g/mol. The molecule has 2 heterocycles. The number of aromatic hydroxyl groups is 1. The van der Waals surface area contributed by atoms with E-state index in [1.54, 1.807) is 16.7 Å². The zero-order valence-electron chi connectivity index (χ0n) is 16.4. The van der Waals surface area contributed by atoms with Crippen LogP contribution in [0.25, 0.3) is 21.9 Å². The monoisotopic (exact) mass is 420 g/mol. The highest BCUT2D eigenvalue weighted by Gasteiger charge is 2.14. The van der Waals surface area contributed by atoms with Crippen LogP contribution in [0.2, 0.25) is 0 Å². The number of para-hydroxylation sites is 1. The fourth-order valence-electron chi connectivity index (χ4n) is 3.40. The molecule has 0 aliphatic heterocycles. The molecule has 2 aromatic carbocycles.